The van der Waals surface area contributed by atoms with Crippen LogP contribution in [0.1, 0.15) is 29.9 Å². The van der Waals surface area contributed by atoms with Crippen LogP contribution in [0.5, 0.6) is 0 Å². The summed E-state index contributed by atoms with van der Waals surface area (Å²) < 4.78 is 5.57. The number of aliphatic carboxylic acids is 1. The second-order valence-corrected chi connectivity index (χ2v) is 9.04. The standard InChI is InChI=1S/C26H26N2O6/c29-17-12-23(25(31)32)28(13-17)24(30)15-9-10-16(11-15)27-26(33)34-14-22-20-7-3-1-5-18(20)19-6-2-4-8-21(19)22/h1-10,15-17,22-23,29H,11-14H2,(H,27,33)(H,31,32). The molecule has 5 rings (SSSR count). The van der Waals surface area contributed by atoms with Gasteiger partial charge in [0, 0.05) is 18.9 Å². The van der Waals surface area contributed by atoms with Gasteiger partial charge in [0.25, 0.3) is 0 Å². The molecule has 0 spiro atoms. The maximum Gasteiger partial charge on any atom is 0.407 e. The summed E-state index contributed by atoms with van der Waals surface area (Å²) in [4.78, 5) is 38.0. The lowest BCUT2D eigenvalue weighted by atomic mass is 9.98. The SMILES string of the molecule is O=C(NC1C=CC(C(=O)N2CC(O)CC2C(=O)O)C1)OCC1c2ccccc2-c2ccccc21. The number of likely N-dealkylation sites (tertiary alicyclic amines) is 1. The third-order valence-electron chi connectivity index (χ3n) is 6.89. The molecular weight excluding hydrogens is 436 g/mol. The number of fused-ring (bicyclic) bond motifs is 3. The van der Waals surface area contributed by atoms with Gasteiger partial charge in [-0.25, -0.2) is 9.59 Å². The molecule has 1 fully saturated rings. The lowest BCUT2D eigenvalue weighted by molar-refractivity contribution is -0.149. The molecule has 176 valence electrons. The van der Waals surface area contributed by atoms with Crippen molar-refractivity contribution in [3.8, 4) is 11.1 Å². The van der Waals surface area contributed by atoms with Crippen LogP contribution in [0, 0.1) is 5.92 Å². The van der Waals surface area contributed by atoms with E-state index in [1.807, 2.05) is 24.3 Å². The van der Waals surface area contributed by atoms with Gasteiger partial charge in [-0.1, -0.05) is 60.7 Å². The van der Waals surface area contributed by atoms with Crippen molar-refractivity contribution in [2.45, 2.75) is 36.9 Å². The zero-order chi connectivity index (χ0) is 23.8. The number of carbonyl (C=O) groups is 3. The zero-order valence-corrected chi connectivity index (χ0v) is 18.5. The highest BCUT2D eigenvalue weighted by Crippen LogP contribution is 2.44. The van der Waals surface area contributed by atoms with Gasteiger partial charge in [0.2, 0.25) is 5.91 Å². The average Bonchev–Trinajstić information content (AvgIpc) is 3.53. The molecule has 0 aromatic heterocycles. The number of aliphatic hydroxyl groups is 1. The highest BCUT2D eigenvalue weighted by Gasteiger charge is 2.42. The van der Waals surface area contributed by atoms with Crippen LogP contribution in [0.15, 0.2) is 60.7 Å². The maximum absolute atomic E-state index is 12.8. The second kappa shape index (κ2) is 8.95. The molecule has 4 atom stereocenters. The number of aliphatic hydroxyl groups excluding tert-OH is 1. The van der Waals surface area contributed by atoms with Crippen molar-refractivity contribution in [3.63, 3.8) is 0 Å². The lowest BCUT2D eigenvalue weighted by Gasteiger charge is -2.24. The Balaban J connectivity index is 1.17. The van der Waals surface area contributed by atoms with Crippen molar-refractivity contribution in [2.24, 2.45) is 5.92 Å². The fraction of sp³-hybridized carbons (Fsp3) is 0.346. The number of hydrogen-bond donors (Lipinski definition) is 3. The van der Waals surface area contributed by atoms with E-state index in [2.05, 4.69) is 29.6 Å². The first kappa shape index (κ1) is 22.2. The van der Waals surface area contributed by atoms with E-state index in [-0.39, 0.29) is 37.4 Å². The van der Waals surface area contributed by atoms with Gasteiger partial charge in [0.15, 0.2) is 0 Å². The van der Waals surface area contributed by atoms with Gasteiger partial charge in [-0.05, 0) is 28.7 Å². The summed E-state index contributed by atoms with van der Waals surface area (Å²) in [5.41, 5.74) is 4.56. The quantitative estimate of drug-likeness (QED) is 0.588. The zero-order valence-electron chi connectivity index (χ0n) is 18.5. The molecule has 0 saturated carbocycles. The molecule has 8 nitrogen and oxygen atoms in total. The van der Waals surface area contributed by atoms with Crippen molar-refractivity contribution < 1.29 is 29.3 Å². The number of carbonyl (C=O) groups excluding carboxylic acids is 2. The third-order valence-corrected chi connectivity index (χ3v) is 6.89. The predicted octanol–water partition coefficient (Wildman–Crippen LogP) is 2.52. The molecule has 2 aliphatic carbocycles. The van der Waals surface area contributed by atoms with Gasteiger partial charge in [-0.2, -0.15) is 0 Å². The summed E-state index contributed by atoms with van der Waals surface area (Å²) in [6, 6.07) is 14.8. The number of ether oxygens (including phenoxy) is 1. The Kier molecular flexibility index (Phi) is 5.83. The monoisotopic (exact) mass is 462 g/mol. The number of benzene rings is 2. The normalized spacial score (nSPS) is 25.1. The number of carboxylic acid groups (broad SMARTS) is 1. The van der Waals surface area contributed by atoms with E-state index < -0.39 is 30.1 Å². The Labute approximate surface area is 196 Å². The summed E-state index contributed by atoms with van der Waals surface area (Å²) in [6.07, 6.45) is 2.35. The molecule has 1 saturated heterocycles. The van der Waals surface area contributed by atoms with Gasteiger partial charge < -0.3 is 25.2 Å². The van der Waals surface area contributed by atoms with E-state index in [4.69, 9.17) is 4.74 Å². The summed E-state index contributed by atoms with van der Waals surface area (Å²) in [5.74, 6) is -2.07. The van der Waals surface area contributed by atoms with Gasteiger partial charge in [0.1, 0.15) is 12.6 Å². The molecule has 0 bridgehead atoms. The molecule has 1 heterocycles. The highest BCUT2D eigenvalue weighted by molar-refractivity contribution is 5.87. The highest BCUT2D eigenvalue weighted by atomic mass is 16.5. The summed E-state index contributed by atoms with van der Waals surface area (Å²) >= 11 is 0. The van der Waals surface area contributed by atoms with Crippen molar-refractivity contribution in [1.29, 1.82) is 0 Å². The molecule has 4 unspecified atom stereocenters. The largest absolute Gasteiger partial charge is 0.480 e. The summed E-state index contributed by atoms with van der Waals surface area (Å²) in [5, 5.41) is 21.9. The van der Waals surface area contributed by atoms with E-state index in [0.29, 0.717) is 6.42 Å². The van der Waals surface area contributed by atoms with Crippen LogP contribution in [0.2, 0.25) is 0 Å². The van der Waals surface area contributed by atoms with Gasteiger partial charge >= 0.3 is 12.1 Å². The van der Waals surface area contributed by atoms with Crippen molar-refractivity contribution in [2.75, 3.05) is 13.2 Å². The molecule has 3 aliphatic rings. The van der Waals surface area contributed by atoms with E-state index in [0.717, 1.165) is 22.3 Å². The smallest absolute Gasteiger partial charge is 0.407 e. The minimum atomic E-state index is -1.12. The molecule has 2 amide bonds. The van der Waals surface area contributed by atoms with E-state index in [1.165, 1.54) is 4.90 Å². The fourth-order valence-electron chi connectivity index (χ4n) is 5.29. The molecule has 3 N–H and O–H groups in total. The molecule has 2 aromatic carbocycles. The minimum absolute atomic E-state index is 0.00458. The van der Waals surface area contributed by atoms with Crippen LogP contribution in [0.25, 0.3) is 11.1 Å². The van der Waals surface area contributed by atoms with Crippen LogP contribution >= 0.6 is 0 Å². The molecule has 2 aromatic rings. The lowest BCUT2D eigenvalue weighted by Crippen LogP contribution is -2.44. The van der Waals surface area contributed by atoms with Crippen LogP contribution < -0.4 is 5.32 Å². The number of amides is 2. The van der Waals surface area contributed by atoms with Crippen molar-refractivity contribution in [1.82, 2.24) is 10.2 Å². The number of alkyl carbamates (subject to hydrolysis) is 1. The minimum Gasteiger partial charge on any atom is -0.480 e. The summed E-state index contributed by atoms with van der Waals surface area (Å²) in [6.45, 7) is 0.204. The third kappa shape index (κ3) is 4.05. The van der Waals surface area contributed by atoms with Crippen LogP contribution in [-0.4, -0.2) is 64.4 Å². The van der Waals surface area contributed by atoms with E-state index in [1.54, 1.807) is 12.2 Å². The fourth-order valence-corrected chi connectivity index (χ4v) is 5.29. The number of nitrogens with one attached hydrogen (secondary N) is 1. The van der Waals surface area contributed by atoms with Crippen LogP contribution in [-0.2, 0) is 14.3 Å². The van der Waals surface area contributed by atoms with Crippen molar-refractivity contribution >= 4 is 18.0 Å². The Morgan fingerprint density at radius 3 is 2.26 bits per heavy atom. The summed E-state index contributed by atoms with van der Waals surface area (Å²) in [7, 11) is 0. The predicted molar refractivity (Wildman–Crippen MR) is 123 cm³/mol. The maximum atomic E-state index is 12.8. The second-order valence-electron chi connectivity index (χ2n) is 9.04. The van der Waals surface area contributed by atoms with E-state index >= 15 is 0 Å². The van der Waals surface area contributed by atoms with Gasteiger partial charge in [0.05, 0.1) is 18.1 Å². The van der Waals surface area contributed by atoms with E-state index in [9.17, 15) is 24.6 Å². The average molecular weight is 463 g/mol. The Morgan fingerprint density at radius 1 is 0.971 bits per heavy atom. The van der Waals surface area contributed by atoms with Crippen LogP contribution in [0.3, 0.4) is 0 Å². The Bertz CT molecular complexity index is 1120. The number of β-amino-alcohol motifs (C(OH)–C–C–N with tert-alkyl or cyclic N) is 1. The van der Waals surface area contributed by atoms with Gasteiger partial charge in [-0.15, -0.1) is 0 Å². The van der Waals surface area contributed by atoms with Gasteiger partial charge in [-0.3, -0.25) is 4.79 Å². The first-order chi connectivity index (χ1) is 16.4. The van der Waals surface area contributed by atoms with Crippen molar-refractivity contribution in [3.05, 3.63) is 71.8 Å². The number of nitrogens with zero attached hydrogens (tertiary/aromatic N) is 1. The Morgan fingerprint density at radius 2 is 1.62 bits per heavy atom. The first-order valence-electron chi connectivity index (χ1n) is 11.4. The van der Waals surface area contributed by atoms with Crippen LogP contribution in [0.4, 0.5) is 4.79 Å². The Hall–Kier alpha value is -3.65. The topological polar surface area (TPSA) is 116 Å². The first-order valence-corrected chi connectivity index (χ1v) is 11.4. The number of hydrogen-bond acceptors (Lipinski definition) is 5. The molecule has 8 heteroatoms. The number of rotatable bonds is 5. The molecule has 34 heavy (non-hydrogen) atoms. The molecule has 0 radical (unpaired) electrons. The number of carboxylic acids is 1. The molecular formula is C26H26N2O6. The molecule has 1 aliphatic heterocycles.